The van der Waals surface area contributed by atoms with E-state index in [2.05, 4.69) is 15.8 Å². The summed E-state index contributed by atoms with van der Waals surface area (Å²) in [5.74, 6) is 0. The lowest BCUT2D eigenvalue weighted by Gasteiger charge is -2.06. The van der Waals surface area contributed by atoms with Crippen molar-refractivity contribution in [2.24, 2.45) is 0 Å². The maximum absolute atomic E-state index is 12.2. The third-order valence-electron chi connectivity index (χ3n) is 3.25. The van der Waals surface area contributed by atoms with Gasteiger partial charge in [0, 0.05) is 22.5 Å². The van der Waals surface area contributed by atoms with E-state index < -0.39 is 10.0 Å². The molecule has 1 aliphatic rings. The number of thiophene rings is 1. The molecule has 0 amide bonds. The highest BCUT2D eigenvalue weighted by molar-refractivity contribution is 7.89. The van der Waals surface area contributed by atoms with Gasteiger partial charge in [-0.2, -0.15) is 0 Å². The summed E-state index contributed by atoms with van der Waals surface area (Å²) in [6.45, 7) is 0.297. The van der Waals surface area contributed by atoms with Gasteiger partial charge < -0.3 is 0 Å². The minimum Gasteiger partial charge on any atom is -0.243 e. The Balaban J connectivity index is 1.75. The van der Waals surface area contributed by atoms with Crippen molar-refractivity contribution in [1.29, 1.82) is 0 Å². The number of hydrogen-bond donors (Lipinski definition) is 1. The van der Waals surface area contributed by atoms with Gasteiger partial charge in [0.05, 0.1) is 0 Å². The van der Waals surface area contributed by atoms with Gasteiger partial charge in [-0.05, 0) is 43.0 Å². The number of fused-ring (bicyclic) bond motifs is 1. The van der Waals surface area contributed by atoms with Crippen molar-refractivity contribution in [2.75, 3.05) is 0 Å². The average Bonchev–Trinajstić information content (AvgIpc) is 2.97. The number of halogens is 1. The molecule has 0 spiro atoms. The summed E-state index contributed by atoms with van der Waals surface area (Å²) < 4.78 is 26.9. The second-order valence-electron chi connectivity index (χ2n) is 4.63. The summed E-state index contributed by atoms with van der Waals surface area (Å²) in [6, 6.07) is 5.10. The van der Waals surface area contributed by atoms with Crippen LogP contribution in [0.1, 0.15) is 21.7 Å². The number of aryl methyl sites for hydroxylation is 2. The van der Waals surface area contributed by atoms with Crippen molar-refractivity contribution < 1.29 is 8.42 Å². The topological polar surface area (TPSA) is 59.1 Å². The molecule has 2 heterocycles. The van der Waals surface area contributed by atoms with Gasteiger partial charge in [-0.3, -0.25) is 0 Å². The molecule has 0 atom stereocenters. The Kier molecular flexibility index (Phi) is 3.81. The van der Waals surface area contributed by atoms with E-state index in [-0.39, 0.29) is 10.0 Å². The molecular weight excluding hydrogens is 316 g/mol. The van der Waals surface area contributed by atoms with Crippen molar-refractivity contribution in [2.45, 2.75) is 30.7 Å². The van der Waals surface area contributed by atoms with Gasteiger partial charge in [0.15, 0.2) is 0 Å². The first-order valence-corrected chi connectivity index (χ1v) is 8.95. The van der Waals surface area contributed by atoms with Crippen LogP contribution < -0.4 is 4.72 Å². The summed E-state index contributed by atoms with van der Waals surface area (Å²) in [7, 11) is -3.62. The Labute approximate surface area is 126 Å². The Morgan fingerprint density at radius 1 is 1.40 bits per heavy atom. The highest BCUT2D eigenvalue weighted by Gasteiger charge is 2.20. The van der Waals surface area contributed by atoms with Crippen molar-refractivity contribution in [1.82, 2.24) is 9.71 Å². The Morgan fingerprint density at radius 2 is 2.25 bits per heavy atom. The van der Waals surface area contributed by atoms with Gasteiger partial charge in [0.1, 0.15) is 10.0 Å². The number of nitrogens with one attached hydrogen (secondary N) is 1. The predicted octanol–water partition coefficient (Wildman–Crippen LogP) is 2.76. The van der Waals surface area contributed by atoms with E-state index in [1.807, 2.05) is 0 Å². The number of nitrogens with zero attached hydrogens (tertiary/aromatic N) is 1. The largest absolute Gasteiger partial charge is 0.243 e. The van der Waals surface area contributed by atoms with Crippen LogP contribution in [0.3, 0.4) is 0 Å². The summed E-state index contributed by atoms with van der Waals surface area (Å²) in [6.07, 6.45) is 4.89. The summed E-state index contributed by atoms with van der Waals surface area (Å²) >= 11 is 7.51. The molecule has 106 valence electrons. The van der Waals surface area contributed by atoms with Crippen molar-refractivity contribution in [3.05, 3.63) is 44.9 Å². The summed E-state index contributed by atoms with van der Waals surface area (Å²) in [5, 5.41) is -0.00586. The van der Waals surface area contributed by atoms with Gasteiger partial charge in [0.2, 0.25) is 10.0 Å². The second kappa shape index (κ2) is 5.44. The molecule has 3 rings (SSSR count). The fourth-order valence-electron chi connectivity index (χ4n) is 2.29. The summed E-state index contributed by atoms with van der Waals surface area (Å²) in [4.78, 5) is 6.24. The monoisotopic (exact) mass is 328 g/mol. The normalized spacial score (nSPS) is 14.4. The molecule has 2 aromatic rings. The van der Waals surface area contributed by atoms with E-state index in [0.717, 1.165) is 17.7 Å². The lowest BCUT2D eigenvalue weighted by atomic mass is 10.2. The number of aromatic nitrogens is 1. The Bertz CT molecular complexity index is 719. The molecular formula is C13H13ClN2O2S2. The molecule has 2 aromatic heterocycles. The number of sulfonamides is 1. The van der Waals surface area contributed by atoms with Crippen LogP contribution >= 0.6 is 22.9 Å². The van der Waals surface area contributed by atoms with Crippen LogP contribution in [-0.4, -0.2) is 13.4 Å². The molecule has 0 fully saturated rings. The summed E-state index contributed by atoms with van der Waals surface area (Å²) in [5.41, 5.74) is 1.36. The molecule has 4 nitrogen and oxygen atoms in total. The van der Waals surface area contributed by atoms with E-state index in [1.54, 1.807) is 17.4 Å². The first-order chi connectivity index (χ1) is 9.56. The third-order valence-corrected chi connectivity index (χ3v) is 6.33. The molecule has 20 heavy (non-hydrogen) atoms. The standard InChI is InChI=1S/C13H13ClN2O2S2/c14-13-12(5-2-6-15-13)20(17,18)16-8-10-7-9-3-1-4-11(9)19-10/h2,5-7,16H,1,3-4,8H2. The van der Waals surface area contributed by atoms with Crippen LogP contribution in [0, 0.1) is 0 Å². The Hall–Kier alpha value is -0.950. The number of rotatable bonds is 4. The zero-order valence-corrected chi connectivity index (χ0v) is 13.0. The molecule has 0 radical (unpaired) electrons. The van der Waals surface area contributed by atoms with Crippen LogP contribution in [0.15, 0.2) is 29.3 Å². The zero-order chi connectivity index (χ0) is 14.2. The van der Waals surface area contributed by atoms with Crippen LogP contribution in [0.2, 0.25) is 5.15 Å². The molecule has 0 saturated heterocycles. The maximum atomic E-state index is 12.2. The molecule has 1 aliphatic carbocycles. The lowest BCUT2D eigenvalue weighted by molar-refractivity contribution is 0.581. The van der Waals surface area contributed by atoms with Crippen LogP contribution in [0.25, 0.3) is 0 Å². The molecule has 0 aliphatic heterocycles. The van der Waals surface area contributed by atoms with E-state index in [9.17, 15) is 8.42 Å². The second-order valence-corrected chi connectivity index (χ2v) is 7.95. The van der Waals surface area contributed by atoms with Gasteiger partial charge in [0.25, 0.3) is 0 Å². The van der Waals surface area contributed by atoms with Gasteiger partial charge in [-0.1, -0.05) is 11.6 Å². The molecule has 7 heteroatoms. The fourth-order valence-corrected chi connectivity index (χ4v) is 5.04. The van der Waals surface area contributed by atoms with E-state index in [4.69, 9.17) is 11.6 Å². The molecule has 1 N–H and O–H groups in total. The van der Waals surface area contributed by atoms with Crippen molar-refractivity contribution in [3.8, 4) is 0 Å². The molecule has 0 aromatic carbocycles. The zero-order valence-electron chi connectivity index (χ0n) is 10.6. The smallest absolute Gasteiger partial charge is 0.243 e. The minimum absolute atomic E-state index is 0.00586. The van der Waals surface area contributed by atoms with Gasteiger partial charge >= 0.3 is 0 Å². The molecule has 0 saturated carbocycles. The highest BCUT2D eigenvalue weighted by atomic mass is 35.5. The lowest BCUT2D eigenvalue weighted by Crippen LogP contribution is -2.23. The number of pyridine rings is 1. The van der Waals surface area contributed by atoms with Gasteiger partial charge in [-0.15, -0.1) is 11.3 Å². The van der Waals surface area contributed by atoms with Crippen molar-refractivity contribution in [3.63, 3.8) is 0 Å². The average molecular weight is 329 g/mol. The minimum atomic E-state index is -3.62. The van der Waals surface area contributed by atoms with Crippen molar-refractivity contribution >= 4 is 33.0 Å². The van der Waals surface area contributed by atoms with E-state index in [1.165, 1.54) is 29.1 Å². The first kappa shape index (κ1) is 14.0. The SMILES string of the molecule is O=S(=O)(NCc1cc2c(s1)CCC2)c1cccnc1Cl. The predicted molar refractivity (Wildman–Crippen MR) is 79.6 cm³/mol. The Morgan fingerprint density at radius 3 is 3.00 bits per heavy atom. The van der Waals surface area contributed by atoms with Crippen LogP contribution in [0.5, 0.6) is 0 Å². The van der Waals surface area contributed by atoms with Gasteiger partial charge in [-0.25, -0.2) is 18.1 Å². The number of hydrogen-bond acceptors (Lipinski definition) is 4. The quantitative estimate of drug-likeness (QED) is 0.878. The first-order valence-electron chi connectivity index (χ1n) is 6.27. The highest BCUT2D eigenvalue weighted by Crippen LogP contribution is 2.30. The van der Waals surface area contributed by atoms with E-state index in [0.29, 0.717) is 6.54 Å². The molecule has 0 bridgehead atoms. The fraction of sp³-hybridized carbons (Fsp3) is 0.308. The van der Waals surface area contributed by atoms with Crippen LogP contribution in [-0.2, 0) is 29.4 Å². The molecule has 0 unspecified atom stereocenters. The third kappa shape index (κ3) is 2.74. The van der Waals surface area contributed by atoms with Crippen LogP contribution in [0.4, 0.5) is 0 Å². The maximum Gasteiger partial charge on any atom is 0.243 e. The van der Waals surface area contributed by atoms with E-state index >= 15 is 0 Å².